The lowest BCUT2D eigenvalue weighted by molar-refractivity contribution is -0.117. The first-order valence-corrected chi connectivity index (χ1v) is 8.80. The molecule has 9 heteroatoms. The normalized spacial score (nSPS) is 11.7. The Morgan fingerprint density at radius 1 is 1.26 bits per heavy atom. The largest absolute Gasteiger partial charge is 0.465 e. The van der Waals surface area contributed by atoms with Gasteiger partial charge in [-0.2, -0.15) is 0 Å². The minimum Gasteiger partial charge on any atom is -0.465 e. The van der Waals surface area contributed by atoms with Gasteiger partial charge in [-0.3, -0.25) is 9.59 Å². The molecule has 0 fully saturated rings. The number of benzene rings is 1. The molecular weight excluding hydrogens is 378 g/mol. The maximum absolute atomic E-state index is 13.5. The molecule has 0 bridgehead atoms. The molecule has 0 aliphatic carbocycles. The molecule has 2 aromatic rings. The van der Waals surface area contributed by atoms with Crippen LogP contribution in [0.3, 0.4) is 0 Å². The minimum atomic E-state index is -1.06. The molecule has 1 unspecified atom stereocenters. The fourth-order valence-electron chi connectivity index (χ4n) is 2.69. The number of halogens is 2. The quantitative estimate of drug-likeness (QED) is 0.732. The third kappa shape index (κ3) is 4.13. The van der Waals surface area contributed by atoms with Gasteiger partial charge in [0.15, 0.2) is 11.6 Å². The van der Waals surface area contributed by atoms with Crippen molar-refractivity contribution in [2.75, 3.05) is 12.4 Å². The number of carbonyl (C=O) groups is 3. The van der Waals surface area contributed by atoms with Crippen LogP contribution in [0.4, 0.5) is 13.8 Å². The summed E-state index contributed by atoms with van der Waals surface area (Å²) >= 11 is 0.854. The van der Waals surface area contributed by atoms with E-state index in [0.29, 0.717) is 12.0 Å². The van der Waals surface area contributed by atoms with Gasteiger partial charge in [0.25, 0.3) is 5.91 Å². The van der Waals surface area contributed by atoms with Crippen molar-refractivity contribution < 1.29 is 27.9 Å². The number of carbonyl (C=O) groups excluding carboxylic acids is 3. The van der Waals surface area contributed by atoms with Crippen LogP contribution in [0.2, 0.25) is 0 Å². The molecule has 0 aliphatic rings. The van der Waals surface area contributed by atoms with Gasteiger partial charge in [-0.15, -0.1) is 11.3 Å². The molecule has 0 aliphatic heterocycles. The van der Waals surface area contributed by atoms with Crippen molar-refractivity contribution in [3.63, 3.8) is 0 Å². The lowest BCUT2D eigenvalue weighted by Gasteiger charge is -2.15. The SMILES string of the molecule is CCC(C(=O)Nc1sc(C(N)=O)c(C)c1C(=O)OC)c1ccc(F)c(F)c1. The Balaban J connectivity index is 2.40. The molecule has 0 saturated carbocycles. The smallest absolute Gasteiger partial charge is 0.341 e. The third-order valence-corrected chi connectivity index (χ3v) is 5.29. The van der Waals surface area contributed by atoms with Gasteiger partial charge < -0.3 is 15.8 Å². The van der Waals surface area contributed by atoms with Crippen molar-refractivity contribution in [3.05, 3.63) is 51.4 Å². The molecule has 144 valence electrons. The number of ether oxygens (including phenoxy) is 1. The molecule has 0 spiro atoms. The summed E-state index contributed by atoms with van der Waals surface area (Å²) in [6.07, 6.45) is 0.303. The van der Waals surface area contributed by atoms with Crippen LogP contribution >= 0.6 is 11.3 Å². The average molecular weight is 396 g/mol. The van der Waals surface area contributed by atoms with E-state index in [9.17, 15) is 23.2 Å². The zero-order valence-corrected chi connectivity index (χ0v) is 15.7. The number of esters is 1. The lowest BCUT2D eigenvalue weighted by atomic mass is 9.95. The van der Waals surface area contributed by atoms with Crippen molar-refractivity contribution in [3.8, 4) is 0 Å². The van der Waals surface area contributed by atoms with Crippen LogP contribution in [0.5, 0.6) is 0 Å². The fraction of sp³-hybridized carbons (Fsp3) is 0.278. The second kappa shape index (κ2) is 8.26. The van der Waals surface area contributed by atoms with Gasteiger partial charge in [-0.05, 0) is 36.6 Å². The average Bonchev–Trinajstić information content (AvgIpc) is 2.94. The lowest BCUT2D eigenvalue weighted by Crippen LogP contribution is -2.21. The van der Waals surface area contributed by atoms with Crippen LogP contribution in [0, 0.1) is 18.6 Å². The van der Waals surface area contributed by atoms with Gasteiger partial charge >= 0.3 is 5.97 Å². The Morgan fingerprint density at radius 3 is 2.44 bits per heavy atom. The van der Waals surface area contributed by atoms with Gasteiger partial charge in [-0.25, -0.2) is 13.6 Å². The second-order valence-electron chi connectivity index (χ2n) is 5.74. The zero-order valence-electron chi connectivity index (χ0n) is 14.9. The number of hydrogen-bond donors (Lipinski definition) is 2. The van der Waals surface area contributed by atoms with Crippen molar-refractivity contribution in [1.29, 1.82) is 0 Å². The molecule has 1 heterocycles. The summed E-state index contributed by atoms with van der Waals surface area (Å²) in [6, 6.07) is 3.22. The van der Waals surface area contributed by atoms with Gasteiger partial charge in [-0.1, -0.05) is 13.0 Å². The topological polar surface area (TPSA) is 98.5 Å². The minimum absolute atomic E-state index is 0.0322. The van der Waals surface area contributed by atoms with Crippen molar-refractivity contribution in [2.45, 2.75) is 26.2 Å². The van der Waals surface area contributed by atoms with E-state index in [1.165, 1.54) is 20.1 Å². The molecular formula is C18H18F2N2O4S. The Kier molecular flexibility index (Phi) is 6.27. The van der Waals surface area contributed by atoms with Crippen LogP contribution in [-0.2, 0) is 9.53 Å². The molecule has 1 aromatic heterocycles. The van der Waals surface area contributed by atoms with Crippen molar-refractivity contribution >= 4 is 34.1 Å². The number of thiophene rings is 1. The number of rotatable bonds is 6. The summed E-state index contributed by atoms with van der Waals surface area (Å²) in [4.78, 5) is 36.4. The molecule has 3 N–H and O–H groups in total. The highest BCUT2D eigenvalue weighted by molar-refractivity contribution is 7.18. The van der Waals surface area contributed by atoms with E-state index in [1.807, 2.05) is 0 Å². The maximum atomic E-state index is 13.5. The Morgan fingerprint density at radius 2 is 1.93 bits per heavy atom. The Bertz CT molecular complexity index is 911. The number of methoxy groups -OCH3 is 1. The van der Waals surface area contributed by atoms with Crippen LogP contribution in [0.25, 0.3) is 0 Å². The van der Waals surface area contributed by atoms with E-state index in [2.05, 4.69) is 5.32 Å². The summed E-state index contributed by atoms with van der Waals surface area (Å²) in [5.74, 6) is -4.86. The summed E-state index contributed by atoms with van der Waals surface area (Å²) in [5, 5.41) is 2.69. The van der Waals surface area contributed by atoms with Gasteiger partial charge in [0.2, 0.25) is 5.91 Å². The first-order valence-electron chi connectivity index (χ1n) is 7.98. The maximum Gasteiger partial charge on any atom is 0.341 e. The van der Waals surface area contributed by atoms with E-state index in [4.69, 9.17) is 10.5 Å². The predicted octanol–water partition coefficient (Wildman–Crippen LogP) is 3.35. The molecule has 0 radical (unpaired) electrons. The standard InChI is InChI=1S/C18H18F2N2O4S/c1-4-10(9-5-6-11(19)12(20)7-9)16(24)22-17-13(18(25)26-3)8(2)14(27-17)15(21)23/h5-7,10H,4H2,1-3H3,(H2,21,23)(H,22,24). The van der Waals surface area contributed by atoms with Gasteiger partial charge in [0, 0.05) is 0 Å². The zero-order chi connectivity index (χ0) is 20.3. The summed E-state index contributed by atoms with van der Waals surface area (Å²) in [7, 11) is 1.17. The highest BCUT2D eigenvalue weighted by Crippen LogP contribution is 2.34. The monoisotopic (exact) mass is 396 g/mol. The first-order chi connectivity index (χ1) is 12.7. The van der Waals surface area contributed by atoms with Crippen molar-refractivity contribution in [2.24, 2.45) is 5.73 Å². The Hall–Kier alpha value is -2.81. The summed E-state index contributed by atoms with van der Waals surface area (Å²) in [5.41, 5.74) is 5.93. The van der Waals surface area contributed by atoms with Crippen molar-refractivity contribution in [1.82, 2.24) is 0 Å². The van der Waals surface area contributed by atoms with E-state index in [-0.39, 0.29) is 21.0 Å². The van der Waals surface area contributed by atoms with Crippen LogP contribution < -0.4 is 11.1 Å². The van der Waals surface area contributed by atoms with E-state index in [1.54, 1.807) is 6.92 Å². The highest BCUT2D eigenvalue weighted by atomic mass is 32.1. The first kappa shape index (κ1) is 20.5. The number of nitrogens with two attached hydrogens (primary N) is 1. The second-order valence-corrected chi connectivity index (χ2v) is 6.76. The van der Waals surface area contributed by atoms with Crippen LogP contribution in [0.15, 0.2) is 18.2 Å². The molecule has 27 heavy (non-hydrogen) atoms. The molecule has 1 atom stereocenters. The van der Waals surface area contributed by atoms with Gasteiger partial charge in [0.1, 0.15) is 5.00 Å². The number of hydrogen-bond acceptors (Lipinski definition) is 5. The molecule has 1 aromatic carbocycles. The van der Waals surface area contributed by atoms with E-state index in [0.717, 1.165) is 23.5 Å². The fourth-order valence-corrected chi connectivity index (χ4v) is 3.74. The van der Waals surface area contributed by atoms with Crippen LogP contribution in [-0.4, -0.2) is 24.9 Å². The number of amides is 2. The molecule has 2 amide bonds. The molecule has 2 rings (SSSR count). The van der Waals surface area contributed by atoms with Gasteiger partial charge in [0.05, 0.1) is 23.5 Å². The molecule has 0 saturated heterocycles. The summed E-state index contributed by atoms with van der Waals surface area (Å²) < 4.78 is 31.4. The van der Waals surface area contributed by atoms with Crippen LogP contribution in [0.1, 0.15) is 50.4 Å². The Labute approximate surface area is 158 Å². The number of nitrogens with one attached hydrogen (secondary N) is 1. The highest BCUT2D eigenvalue weighted by Gasteiger charge is 2.27. The third-order valence-electron chi connectivity index (χ3n) is 4.07. The molecule has 6 nitrogen and oxygen atoms in total. The summed E-state index contributed by atoms with van der Waals surface area (Å²) in [6.45, 7) is 3.23. The van der Waals surface area contributed by atoms with E-state index >= 15 is 0 Å². The predicted molar refractivity (Wildman–Crippen MR) is 96.9 cm³/mol. The number of anilines is 1. The van der Waals surface area contributed by atoms with E-state index < -0.39 is 35.3 Å². The number of primary amides is 1.